The van der Waals surface area contributed by atoms with Gasteiger partial charge < -0.3 is 33.8 Å². The van der Waals surface area contributed by atoms with E-state index in [4.69, 9.17) is 37.0 Å². The van der Waals surface area contributed by atoms with Crippen molar-refractivity contribution in [1.82, 2.24) is 0 Å². The molecule has 0 aliphatic carbocycles. The van der Waals surface area contributed by atoms with E-state index in [1.165, 1.54) is 257 Å². The third-order valence-electron chi connectivity index (χ3n) is 19.8. The van der Waals surface area contributed by atoms with Gasteiger partial charge in [-0.15, -0.1) is 0 Å². The zero-order valence-corrected chi connectivity index (χ0v) is 68.7. The van der Waals surface area contributed by atoms with Crippen LogP contribution in [0.4, 0.5) is 0 Å². The zero-order valence-electron chi connectivity index (χ0n) is 66.9. The van der Waals surface area contributed by atoms with Crippen molar-refractivity contribution in [3.05, 3.63) is 0 Å². The summed E-state index contributed by atoms with van der Waals surface area (Å²) < 4.78 is 68.8. The first kappa shape index (κ1) is 100. The lowest BCUT2D eigenvalue weighted by Gasteiger charge is -2.21. The van der Waals surface area contributed by atoms with Crippen molar-refractivity contribution < 1.29 is 80.2 Å². The summed E-state index contributed by atoms with van der Waals surface area (Å²) in [5, 5.41) is 10.6. The fraction of sp³-hybridized carbons (Fsp3) is 0.952. The highest BCUT2D eigenvalue weighted by molar-refractivity contribution is 7.47. The summed E-state index contributed by atoms with van der Waals surface area (Å²) in [5.41, 5.74) is 0. The molecular weight excluding hydrogens is 1330 g/mol. The van der Waals surface area contributed by atoms with Crippen molar-refractivity contribution in [2.75, 3.05) is 39.6 Å². The van der Waals surface area contributed by atoms with E-state index in [1.54, 1.807) is 0 Å². The summed E-state index contributed by atoms with van der Waals surface area (Å²) in [6, 6.07) is 0. The van der Waals surface area contributed by atoms with Crippen LogP contribution in [0, 0.1) is 11.8 Å². The third kappa shape index (κ3) is 74.9. The van der Waals surface area contributed by atoms with Gasteiger partial charge in [0.1, 0.15) is 19.3 Å². The van der Waals surface area contributed by atoms with Crippen LogP contribution >= 0.6 is 15.6 Å². The van der Waals surface area contributed by atoms with Gasteiger partial charge in [-0.05, 0) is 37.5 Å². The minimum atomic E-state index is -4.96. The van der Waals surface area contributed by atoms with Crippen LogP contribution in [0.15, 0.2) is 0 Å². The number of ether oxygens (including phenoxy) is 4. The van der Waals surface area contributed by atoms with Gasteiger partial charge in [-0.2, -0.15) is 0 Å². The lowest BCUT2D eigenvalue weighted by molar-refractivity contribution is -0.161. The number of hydrogen-bond acceptors (Lipinski definition) is 15. The molecule has 0 rings (SSSR count). The Morgan fingerprint density at radius 1 is 0.284 bits per heavy atom. The van der Waals surface area contributed by atoms with Gasteiger partial charge in [0.2, 0.25) is 0 Å². The van der Waals surface area contributed by atoms with E-state index >= 15 is 0 Å². The molecule has 0 bridgehead atoms. The van der Waals surface area contributed by atoms with Gasteiger partial charge in [0.15, 0.2) is 12.2 Å². The lowest BCUT2D eigenvalue weighted by Crippen LogP contribution is -2.30. The fourth-order valence-corrected chi connectivity index (χ4v) is 14.4. The summed E-state index contributed by atoms with van der Waals surface area (Å²) in [5.74, 6) is -0.614. The first-order valence-electron chi connectivity index (χ1n) is 43.0. The highest BCUT2D eigenvalue weighted by Gasteiger charge is 2.30. The Bertz CT molecular complexity index is 1960. The maximum Gasteiger partial charge on any atom is 0.472 e. The van der Waals surface area contributed by atoms with Crippen LogP contribution in [0.3, 0.4) is 0 Å². The van der Waals surface area contributed by atoms with Crippen LogP contribution in [0.25, 0.3) is 0 Å². The smallest absolute Gasteiger partial charge is 0.462 e. The molecular formula is C83H162O17P2. The molecule has 0 spiro atoms. The van der Waals surface area contributed by atoms with Crippen molar-refractivity contribution in [2.24, 2.45) is 11.8 Å². The van der Waals surface area contributed by atoms with Crippen LogP contribution < -0.4 is 0 Å². The molecule has 17 nitrogen and oxygen atoms in total. The van der Waals surface area contributed by atoms with E-state index in [0.29, 0.717) is 25.7 Å². The summed E-state index contributed by atoms with van der Waals surface area (Å²) >= 11 is 0. The number of aliphatic hydroxyl groups excluding tert-OH is 1. The number of phosphoric ester groups is 2. The summed E-state index contributed by atoms with van der Waals surface area (Å²) in [7, 11) is -9.92. The van der Waals surface area contributed by atoms with E-state index in [0.717, 1.165) is 102 Å². The average Bonchev–Trinajstić information content (AvgIpc) is 0.920. The molecule has 606 valence electrons. The van der Waals surface area contributed by atoms with Crippen molar-refractivity contribution >= 4 is 39.5 Å². The molecule has 0 aliphatic heterocycles. The van der Waals surface area contributed by atoms with Gasteiger partial charge in [-0.1, -0.05) is 388 Å². The van der Waals surface area contributed by atoms with Gasteiger partial charge in [-0.3, -0.25) is 37.3 Å². The molecule has 6 atom stereocenters. The molecule has 0 fully saturated rings. The fourth-order valence-electron chi connectivity index (χ4n) is 12.9. The molecule has 0 heterocycles. The lowest BCUT2D eigenvalue weighted by atomic mass is 9.99. The molecule has 3 unspecified atom stereocenters. The molecule has 0 radical (unpaired) electrons. The van der Waals surface area contributed by atoms with Crippen molar-refractivity contribution in [1.29, 1.82) is 0 Å². The predicted molar refractivity (Wildman–Crippen MR) is 418 cm³/mol. The number of aliphatic hydroxyl groups is 1. The largest absolute Gasteiger partial charge is 0.472 e. The monoisotopic (exact) mass is 1490 g/mol. The minimum absolute atomic E-state index is 0.105. The molecule has 3 N–H and O–H groups in total. The summed E-state index contributed by atoms with van der Waals surface area (Å²) in [6.07, 6.45) is 65.4. The Morgan fingerprint density at radius 3 is 0.745 bits per heavy atom. The van der Waals surface area contributed by atoms with Crippen LogP contribution in [0.5, 0.6) is 0 Å². The van der Waals surface area contributed by atoms with Crippen molar-refractivity contribution in [3.63, 3.8) is 0 Å². The van der Waals surface area contributed by atoms with E-state index < -0.39 is 97.5 Å². The topological polar surface area (TPSA) is 237 Å². The maximum atomic E-state index is 13.1. The molecule has 0 aromatic heterocycles. The van der Waals surface area contributed by atoms with Crippen LogP contribution in [-0.4, -0.2) is 96.7 Å². The Labute approximate surface area is 626 Å². The van der Waals surface area contributed by atoms with Crippen LogP contribution in [0.2, 0.25) is 0 Å². The second-order valence-electron chi connectivity index (χ2n) is 30.6. The van der Waals surface area contributed by atoms with Crippen LogP contribution in [-0.2, 0) is 65.4 Å². The normalized spacial score (nSPS) is 14.1. The van der Waals surface area contributed by atoms with E-state index in [9.17, 15) is 43.2 Å². The molecule has 0 aliphatic rings. The van der Waals surface area contributed by atoms with E-state index in [-0.39, 0.29) is 25.7 Å². The second kappa shape index (κ2) is 74.5. The van der Waals surface area contributed by atoms with Gasteiger partial charge in [0, 0.05) is 25.7 Å². The standard InChI is InChI=1S/C83H162O17P2/c1-7-10-12-14-16-18-20-22-24-26-27-28-29-30-32-34-36-38-40-49-55-61-67-82(87)99-78(71-93-80(85)65-59-53-47-39-37-35-33-31-25-23-21-19-17-15-13-11-8-2)73-97-101(89,90)95-69-77(84)70-96-102(91,92)98-74-79(72-94-81(86)66-60-54-48-43-41-45-51-57-63-75(4)5)100-83(88)68-62-56-50-44-42-46-52-58-64-76(6)9-3/h75-79,84H,7-74H2,1-6H3,(H,89,90)(H,91,92)/t76?,77-,78-,79-/m1/s1. The molecule has 0 saturated carbocycles. The second-order valence-corrected chi connectivity index (χ2v) is 33.5. The molecule has 0 amide bonds. The van der Waals surface area contributed by atoms with Gasteiger partial charge >= 0.3 is 39.5 Å². The van der Waals surface area contributed by atoms with Gasteiger partial charge in [0.05, 0.1) is 26.4 Å². The first-order valence-corrected chi connectivity index (χ1v) is 46.0. The quantitative estimate of drug-likeness (QED) is 0.0222. The number of unbranched alkanes of at least 4 members (excludes halogenated alkanes) is 51. The number of carbonyl (C=O) groups excluding carboxylic acids is 4. The Morgan fingerprint density at radius 2 is 0.500 bits per heavy atom. The number of carbonyl (C=O) groups is 4. The Kier molecular flexibility index (Phi) is 73.1. The van der Waals surface area contributed by atoms with Crippen LogP contribution in [0.1, 0.15) is 440 Å². The predicted octanol–water partition coefficient (Wildman–Crippen LogP) is 25.1. The molecule has 0 aromatic carbocycles. The maximum absolute atomic E-state index is 13.1. The number of esters is 4. The summed E-state index contributed by atoms with van der Waals surface area (Å²) in [6.45, 7) is 9.60. The van der Waals surface area contributed by atoms with Crippen molar-refractivity contribution in [3.8, 4) is 0 Å². The highest BCUT2D eigenvalue weighted by Crippen LogP contribution is 2.45. The highest BCUT2D eigenvalue weighted by atomic mass is 31.2. The summed E-state index contributed by atoms with van der Waals surface area (Å²) in [4.78, 5) is 73.1. The Balaban J connectivity index is 5.22. The number of rotatable bonds is 82. The minimum Gasteiger partial charge on any atom is -0.462 e. The zero-order chi connectivity index (χ0) is 74.9. The SMILES string of the molecule is CCCCCCCCCCCCCCCCCCCCCCCCC(=O)O[C@H](COC(=O)CCCCCCCCCCCCCCCCCCC)COP(=O)(O)OC[C@@H](O)COP(=O)(O)OC[C@@H](COC(=O)CCCCCCCCCCC(C)C)OC(=O)CCCCCCCCCCC(C)CC. The number of phosphoric acid groups is 2. The Hall–Kier alpha value is -1.94. The third-order valence-corrected chi connectivity index (χ3v) is 21.7. The average molecular weight is 1490 g/mol. The molecule has 0 aromatic rings. The van der Waals surface area contributed by atoms with Gasteiger partial charge in [0.25, 0.3) is 0 Å². The van der Waals surface area contributed by atoms with Crippen molar-refractivity contribution in [2.45, 2.75) is 458 Å². The van der Waals surface area contributed by atoms with Gasteiger partial charge in [-0.25, -0.2) is 9.13 Å². The first-order chi connectivity index (χ1) is 49.4. The van der Waals surface area contributed by atoms with E-state index in [1.807, 2.05) is 0 Å². The molecule has 102 heavy (non-hydrogen) atoms. The molecule has 0 saturated heterocycles. The van der Waals surface area contributed by atoms with E-state index in [2.05, 4.69) is 41.5 Å². The number of hydrogen-bond donors (Lipinski definition) is 3. The molecule has 19 heteroatoms.